The molecule has 0 radical (unpaired) electrons. The van der Waals surface area contributed by atoms with Crippen LogP contribution in [0.4, 0.5) is 37.8 Å². The number of nitrogens with zero attached hydrogens (tertiary/aromatic N) is 9. The number of benzene rings is 1. The van der Waals surface area contributed by atoms with Gasteiger partial charge < -0.3 is 19.7 Å². The molecule has 4 atom stereocenters. The van der Waals surface area contributed by atoms with Crippen LogP contribution in [0.3, 0.4) is 0 Å². The molecule has 3 amide bonds. The van der Waals surface area contributed by atoms with E-state index in [0.717, 1.165) is 17.7 Å². The Morgan fingerprint density at radius 1 is 1.07 bits per heavy atom. The molecule has 16 nitrogen and oxygen atoms in total. The molecule has 4 aromatic heterocycles. The van der Waals surface area contributed by atoms with Crippen molar-refractivity contribution in [2.45, 2.75) is 94.4 Å². The predicted octanol–water partition coefficient (Wildman–Crippen LogP) is 5.60. The number of carbonyl (C=O) groups is 3. The van der Waals surface area contributed by atoms with Crippen molar-refractivity contribution in [1.29, 1.82) is 0 Å². The third kappa shape index (κ3) is 9.76. The third-order valence-electron chi connectivity index (χ3n) is 13.1. The summed E-state index contributed by atoms with van der Waals surface area (Å²) in [6.45, 7) is 0.992. The normalized spacial score (nSPS) is 23.9. The van der Waals surface area contributed by atoms with Gasteiger partial charge in [-0.25, -0.2) is 22.7 Å². The molecule has 5 aromatic rings. The van der Waals surface area contributed by atoms with Crippen LogP contribution in [0.1, 0.15) is 90.6 Å². The average Bonchev–Trinajstić information content (AvgIpc) is 4.04. The van der Waals surface area contributed by atoms with Crippen molar-refractivity contribution >= 4 is 45.8 Å². The minimum atomic E-state index is -4.60. The SMILES string of the molecule is C#CCn1nc(C2CCC(=O)NC2=O)c2cccc(C#CCO[C@H]3CCN(CC4CCC(n5cc(NC(=O)c6cnn7ccc(N8CCOC[C@@H]8C(F)(F)F)nc67)c(C(F)F)n5)CC4)C[C@H]3F)c21. The average molecular weight is 948 g/mol. The second-order valence-corrected chi connectivity index (χ2v) is 17.4. The van der Waals surface area contributed by atoms with Gasteiger partial charge in [0.2, 0.25) is 11.8 Å². The van der Waals surface area contributed by atoms with Crippen LogP contribution in [-0.4, -0.2) is 127 Å². The van der Waals surface area contributed by atoms with Gasteiger partial charge in [0.05, 0.1) is 59.9 Å². The summed E-state index contributed by atoms with van der Waals surface area (Å²) >= 11 is 0. The molecule has 3 aliphatic heterocycles. The van der Waals surface area contributed by atoms with Gasteiger partial charge in [0.1, 0.15) is 36.7 Å². The van der Waals surface area contributed by atoms with Crippen molar-refractivity contribution in [2.75, 3.05) is 56.2 Å². The number of halogens is 6. The number of hydrogen-bond acceptors (Lipinski definition) is 11. The first-order valence-electron chi connectivity index (χ1n) is 22.4. The van der Waals surface area contributed by atoms with Crippen molar-refractivity contribution in [3.8, 4) is 24.2 Å². The van der Waals surface area contributed by atoms with E-state index in [4.69, 9.17) is 15.9 Å². The number of aromatic nitrogens is 7. The topological polar surface area (TPSA) is 166 Å². The lowest BCUT2D eigenvalue weighted by Gasteiger charge is -2.38. The fourth-order valence-corrected chi connectivity index (χ4v) is 9.68. The zero-order chi connectivity index (χ0) is 47.7. The first-order chi connectivity index (χ1) is 32.7. The Hall–Kier alpha value is -6.49. The Morgan fingerprint density at radius 3 is 2.65 bits per heavy atom. The molecule has 68 heavy (non-hydrogen) atoms. The van der Waals surface area contributed by atoms with Gasteiger partial charge in [0.25, 0.3) is 12.3 Å². The molecule has 1 saturated carbocycles. The number of amides is 3. The molecule has 3 saturated heterocycles. The van der Waals surface area contributed by atoms with E-state index < -0.39 is 61.0 Å². The maximum Gasteiger partial charge on any atom is 0.411 e. The number of para-hydroxylation sites is 1. The van der Waals surface area contributed by atoms with Gasteiger partial charge in [-0.3, -0.25) is 34.0 Å². The molecule has 0 bridgehead atoms. The molecule has 1 unspecified atom stereocenters. The van der Waals surface area contributed by atoms with E-state index >= 15 is 4.39 Å². The molecule has 1 aliphatic carbocycles. The van der Waals surface area contributed by atoms with Gasteiger partial charge in [0, 0.05) is 50.4 Å². The molecule has 7 heterocycles. The summed E-state index contributed by atoms with van der Waals surface area (Å²) in [6, 6.07) is 4.64. The Kier molecular flexibility index (Phi) is 13.4. The smallest absolute Gasteiger partial charge is 0.377 e. The van der Waals surface area contributed by atoms with Gasteiger partial charge in [-0.05, 0) is 56.6 Å². The fourth-order valence-electron chi connectivity index (χ4n) is 9.68. The van der Waals surface area contributed by atoms with Crippen molar-refractivity contribution in [1.82, 2.24) is 44.4 Å². The Labute approximate surface area is 385 Å². The number of alkyl halides is 6. The number of ether oxygens (including phenoxy) is 2. The van der Waals surface area contributed by atoms with Crippen molar-refractivity contribution in [3.63, 3.8) is 0 Å². The fraction of sp³-hybridized carbons (Fsp3) is 0.500. The van der Waals surface area contributed by atoms with Crippen molar-refractivity contribution in [3.05, 3.63) is 65.4 Å². The first-order valence-corrected chi connectivity index (χ1v) is 22.4. The second kappa shape index (κ2) is 19.6. The van der Waals surface area contributed by atoms with Crippen molar-refractivity contribution in [2.24, 2.45) is 5.92 Å². The van der Waals surface area contributed by atoms with Gasteiger partial charge in [-0.1, -0.05) is 29.9 Å². The number of carbonyl (C=O) groups excluding carboxylic acids is 3. The zero-order valence-electron chi connectivity index (χ0n) is 36.6. The lowest BCUT2D eigenvalue weighted by atomic mass is 9.85. The van der Waals surface area contributed by atoms with Crippen LogP contribution in [0.25, 0.3) is 16.6 Å². The van der Waals surface area contributed by atoms with E-state index in [1.54, 1.807) is 4.68 Å². The first kappa shape index (κ1) is 46.6. The van der Waals surface area contributed by atoms with E-state index in [-0.39, 0.29) is 79.9 Å². The molecule has 4 aliphatic rings. The van der Waals surface area contributed by atoms with Crippen LogP contribution in [0, 0.1) is 30.1 Å². The number of anilines is 2. The minimum absolute atomic E-state index is 0.0103. The highest BCUT2D eigenvalue weighted by molar-refractivity contribution is 6.08. The number of likely N-dealkylation sites (tertiary alicyclic amines) is 1. The number of rotatable bonds is 11. The molecule has 9 rings (SSSR count). The molecular weight excluding hydrogens is 901 g/mol. The minimum Gasteiger partial charge on any atom is -0.377 e. The van der Waals surface area contributed by atoms with E-state index in [1.165, 1.54) is 33.9 Å². The standard InChI is InChI=1S/C46H47F6N11O5/c1-2-16-61-41-28(5-3-7-30(41)39(57-61)31-12-13-38(64)56-44(31)65)6-4-20-68-35-14-17-59(24-33(35)47)23-27-8-10-29(11-9-27)63-25-34(40(58-63)42(48)49)54-45(66)32-22-53-62-18-15-37(55-43(32)62)60-19-21-67-26-36(60)46(50,51)52/h1,3,5,7,15,18,22,25,27,29,31,33,35-36,42H,8-14,16-17,19-21,23-24,26H2,(H,54,66)(H,56,64,65)/t27?,29?,31?,33-,35+,36-/m1/s1. The molecular formula is C46H47F6N11O5. The number of imide groups is 1. The number of piperidine rings is 2. The number of morpholine rings is 1. The van der Waals surface area contributed by atoms with Crippen LogP contribution in [0.2, 0.25) is 0 Å². The monoisotopic (exact) mass is 947 g/mol. The highest BCUT2D eigenvalue weighted by Crippen LogP contribution is 2.37. The van der Waals surface area contributed by atoms with Crippen LogP contribution in [0.15, 0.2) is 42.9 Å². The summed E-state index contributed by atoms with van der Waals surface area (Å²) in [7, 11) is 0. The summed E-state index contributed by atoms with van der Waals surface area (Å²) in [6.07, 6.45) is 3.78. The van der Waals surface area contributed by atoms with E-state index in [2.05, 4.69) is 53.6 Å². The summed E-state index contributed by atoms with van der Waals surface area (Å²) in [5, 5.41) is 18.5. The highest BCUT2D eigenvalue weighted by atomic mass is 19.4. The number of terminal acetylenes is 1. The summed E-state index contributed by atoms with van der Waals surface area (Å²) in [5.74, 6) is 6.73. The van der Waals surface area contributed by atoms with Crippen LogP contribution >= 0.6 is 0 Å². The molecule has 0 spiro atoms. The summed E-state index contributed by atoms with van der Waals surface area (Å²) in [4.78, 5) is 45.4. The molecule has 2 N–H and O–H groups in total. The molecule has 22 heteroatoms. The van der Waals surface area contributed by atoms with Gasteiger partial charge in [-0.2, -0.15) is 28.5 Å². The number of fused-ring (bicyclic) bond motifs is 2. The quantitative estimate of drug-likeness (QED) is 0.0963. The third-order valence-corrected chi connectivity index (χ3v) is 13.1. The number of hydrogen-bond donors (Lipinski definition) is 2. The van der Waals surface area contributed by atoms with E-state index in [0.29, 0.717) is 60.9 Å². The van der Waals surface area contributed by atoms with Gasteiger partial charge in [-0.15, -0.1) is 6.42 Å². The Balaban J connectivity index is 0.771. The van der Waals surface area contributed by atoms with Gasteiger partial charge in [0.15, 0.2) is 11.3 Å². The van der Waals surface area contributed by atoms with Crippen molar-refractivity contribution < 1.29 is 50.2 Å². The van der Waals surface area contributed by atoms with Gasteiger partial charge >= 0.3 is 6.18 Å². The molecule has 1 aromatic carbocycles. The van der Waals surface area contributed by atoms with Crippen LogP contribution in [-0.2, 0) is 25.6 Å². The van der Waals surface area contributed by atoms with E-state index in [1.807, 2.05) is 18.2 Å². The van der Waals surface area contributed by atoms with E-state index in [9.17, 15) is 36.3 Å². The largest absolute Gasteiger partial charge is 0.411 e. The zero-order valence-corrected chi connectivity index (χ0v) is 36.6. The van der Waals surface area contributed by atoms with Crippen LogP contribution in [0.5, 0.6) is 0 Å². The lowest BCUT2D eigenvalue weighted by molar-refractivity contribution is -0.167. The molecule has 4 fully saturated rings. The summed E-state index contributed by atoms with van der Waals surface area (Å²) in [5.41, 5.74) is 0.800. The highest BCUT2D eigenvalue weighted by Gasteiger charge is 2.46. The number of nitrogens with one attached hydrogen (secondary N) is 2. The second-order valence-electron chi connectivity index (χ2n) is 17.4. The predicted molar refractivity (Wildman–Crippen MR) is 233 cm³/mol. The maximum absolute atomic E-state index is 15.5. The van der Waals surface area contributed by atoms with Crippen LogP contribution < -0.4 is 15.5 Å². The Morgan fingerprint density at radius 2 is 1.90 bits per heavy atom. The Bertz CT molecular complexity index is 2800. The molecule has 358 valence electrons. The lowest BCUT2D eigenvalue weighted by Crippen LogP contribution is -2.54. The maximum atomic E-state index is 15.5. The summed E-state index contributed by atoms with van der Waals surface area (Å²) < 4.78 is 101.